The van der Waals surface area contributed by atoms with Gasteiger partial charge in [0.2, 0.25) is 11.7 Å². The lowest BCUT2D eigenvalue weighted by atomic mass is 10.0. The van der Waals surface area contributed by atoms with E-state index in [4.69, 9.17) is 4.42 Å². The zero-order chi connectivity index (χ0) is 23.5. The Labute approximate surface area is 191 Å². The number of oxazole rings is 1. The van der Waals surface area contributed by atoms with Gasteiger partial charge in [0, 0.05) is 5.56 Å². The van der Waals surface area contributed by atoms with Gasteiger partial charge in [-0.25, -0.2) is 4.98 Å². The van der Waals surface area contributed by atoms with Crippen molar-refractivity contribution in [1.29, 1.82) is 0 Å². The van der Waals surface area contributed by atoms with Crippen LogP contribution in [-0.2, 0) is 4.79 Å². The van der Waals surface area contributed by atoms with Crippen LogP contribution in [-0.4, -0.2) is 40.5 Å². The number of hydrogen-bond acceptors (Lipinski definition) is 6. The molecule has 4 rings (SSSR count). The van der Waals surface area contributed by atoms with E-state index in [0.717, 1.165) is 0 Å². The van der Waals surface area contributed by atoms with Crippen molar-refractivity contribution in [1.82, 2.24) is 15.6 Å². The molecule has 2 N–H and O–H groups in total. The number of amidine groups is 1. The first-order valence-electron chi connectivity index (χ1n) is 11.1. The standard InChI is InChI=1S/C25H26N4O4/c1-4-17(21(30)25-28-18-11-7-8-12-20(18)33-25)27-24(32)19(13-14(2)3)26-22-15-9-5-6-10-16(15)23(31)29-22/h5-12,14,17,19H,4,13H2,1-3H3,(H,27,32)(H,26,29,31). The van der Waals surface area contributed by atoms with Crippen molar-refractivity contribution in [2.45, 2.75) is 45.7 Å². The third kappa shape index (κ3) is 4.69. The van der Waals surface area contributed by atoms with Gasteiger partial charge in [-0.15, -0.1) is 0 Å². The lowest BCUT2D eigenvalue weighted by Crippen LogP contribution is -2.45. The molecular weight excluding hydrogens is 420 g/mol. The summed E-state index contributed by atoms with van der Waals surface area (Å²) in [4.78, 5) is 47.3. The predicted molar refractivity (Wildman–Crippen MR) is 124 cm³/mol. The Morgan fingerprint density at radius 3 is 2.48 bits per heavy atom. The van der Waals surface area contributed by atoms with Crippen molar-refractivity contribution >= 4 is 34.5 Å². The van der Waals surface area contributed by atoms with Gasteiger partial charge >= 0.3 is 0 Å². The topological polar surface area (TPSA) is 114 Å². The Kier molecular flexibility index (Phi) is 6.35. The molecule has 0 spiro atoms. The summed E-state index contributed by atoms with van der Waals surface area (Å²) in [5.74, 6) is -0.513. The van der Waals surface area contributed by atoms with Gasteiger partial charge in [-0.05, 0) is 37.0 Å². The normalized spacial score (nSPS) is 16.0. The molecule has 2 aromatic carbocycles. The van der Waals surface area contributed by atoms with E-state index >= 15 is 0 Å². The monoisotopic (exact) mass is 446 g/mol. The van der Waals surface area contributed by atoms with E-state index in [2.05, 4.69) is 20.6 Å². The molecule has 0 saturated carbocycles. The van der Waals surface area contributed by atoms with Gasteiger partial charge in [-0.2, -0.15) is 0 Å². The molecule has 170 valence electrons. The van der Waals surface area contributed by atoms with Crippen LogP contribution >= 0.6 is 0 Å². The Balaban J connectivity index is 1.56. The van der Waals surface area contributed by atoms with Crippen LogP contribution in [0.1, 0.15) is 60.2 Å². The van der Waals surface area contributed by atoms with Crippen LogP contribution in [0, 0.1) is 5.92 Å². The number of ketones is 1. The molecule has 33 heavy (non-hydrogen) atoms. The number of carbonyl (C=O) groups is 3. The van der Waals surface area contributed by atoms with Crippen molar-refractivity contribution in [3.63, 3.8) is 0 Å². The Morgan fingerprint density at radius 1 is 1.09 bits per heavy atom. The molecular formula is C25H26N4O4. The summed E-state index contributed by atoms with van der Waals surface area (Å²) in [5.41, 5.74) is 2.29. The number of aromatic nitrogens is 1. The van der Waals surface area contributed by atoms with Crippen molar-refractivity contribution in [3.8, 4) is 0 Å². The third-order valence-electron chi connectivity index (χ3n) is 5.49. The molecule has 2 heterocycles. The van der Waals surface area contributed by atoms with Gasteiger partial charge in [0.1, 0.15) is 17.4 Å². The number of para-hydroxylation sites is 2. The number of nitrogens with one attached hydrogen (secondary N) is 2. The van der Waals surface area contributed by atoms with Crippen molar-refractivity contribution in [3.05, 3.63) is 65.5 Å². The summed E-state index contributed by atoms with van der Waals surface area (Å²) < 4.78 is 5.59. The Bertz CT molecular complexity index is 1210. The first-order chi connectivity index (χ1) is 15.9. The van der Waals surface area contributed by atoms with E-state index in [9.17, 15) is 14.4 Å². The van der Waals surface area contributed by atoms with Crippen molar-refractivity contribution < 1.29 is 18.8 Å². The van der Waals surface area contributed by atoms with Crippen LogP contribution in [0.25, 0.3) is 11.1 Å². The zero-order valence-corrected chi connectivity index (χ0v) is 18.8. The second kappa shape index (κ2) is 9.36. The quantitative estimate of drug-likeness (QED) is 0.514. The average molecular weight is 447 g/mol. The number of nitrogens with zero attached hydrogens (tertiary/aromatic N) is 2. The molecule has 3 aromatic rings. The SMILES string of the molecule is CCC(NC(=O)C(CC(C)C)N=C1NC(=O)c2ccccc21)C(=O)c1nc2ccccc2o1. The maximum absolute atomic E-state index is 13.2. The maximum atomic E-state index is 13.2. The fourth-order valence-corrected chi connectivity index (χ4v) is 3.80. The summed E-state index contributed by atoms with van der Waals surface area (Å²) in [6, 6.07) is 12.7. The van der Waals surface area contributed by atoms with Gasteiger partial charge in [0.05, 0.1) is 11.6 Å². The van der Waals surface area contributed by atoms with Crippen LogP contribution in [0.2, 0.25) is 0 Å². The minimum Gasteiger partial charge on any atom is -0.434 e. The van der Waals surface area contributed by atoms with Gasteiger partial charge in [-0.1, -0.05) is 51.1 Å². The first-order valence-corrected chi connectivity index (χ1v) is 11.1. The Hall–Kier alpha value is -3.81. The number of fused-ring (bicyclic) bond motifs is 2. The molecule has 2 atom stereocenters. The van der Waals surface area contributed by atoms with Gasteiger partial charge in [0.25, 0.3) is 11.8 Å². The molecule has 8 nitrogen and oxygen atoms in total. The zero-order valence-electron chi connectivity index (χ0n) is 18.8. The maximum Gasteiger partial charge on any atom is 0.266 e. The number of hydrogen-bond donors (Lipinski definition) is 2. The van der Waals surface area contributed by atoms with Gasteiger partial charge in [0.15, 0.2) is 5.58 Å². The Morgan fingerprint density at radius 2 is 1.79 bits per heavy atom. The molecule has 0 bridgehead atoms. The van der Waals surface area contributed by atoms with E-state index in [1.54, 1.807) is 36.4 Å². The molecule has 0 saturated heterocycles. The highest BCUT2D eigenvalue weighted by Crippen LogP contribution is 2.19. The molecule has 2 amide bonds. The second-order valence-corrected chi connectivity index (χ2v) is 8.44. The van der Waals surface area contributed by atoms with E-state index in [-0.39, 0.29) is 23.6 Å². The van der Waals surface area contributed by atoms with Crippen LogP contribution in [0.15, 0.2) is 57.9 Å². The number of carbonyl (C=O) groups excluding carboxylic acids is 3. The molecule has 1 aromatic heterocycles. The van der Waals surface area contributed by atoms with E-state index in [1.807, 2.05) is 32.9 Å². The smallest absolute Gasteiger partial charge is 0.266 e. The van der Waals surface area contributed by atoms with Gasteiger partial charge < -0.3 is 15.1 Å². The van der Waals surface area contributed by atoms with Gasteiger partial charge in [-0.3, -0.25) is 19.4 Å². The fourth-order valence-electron chi connectivity index (χ4n) is 3.80. The highest BCUT2D eigenvalue weighted by Gasteiger charge is 2.31. The minimum absolute atomic E-state index is 0.0351. The lowest BCUT2D eigenvalue weighted by molar-refractivity contribution is -0.123. The average Bonchev–Trinajstić information content (AvgIpc) is 3.37. The number of Topliss-reactive ketones (excluding diaryl/α,β-unsaturated/α-hetero) is 1. The molecule has 0 fully saturated rings. The molecule has 2 unspecified atom stereocenters. The summed E-state index contributed by atoms with van der Waals surface area (Å²) in [5, 5.41) is 5.56. The predicted octanol–water partition coefficient (Wildman–Crippen LogP) is 3.51. The van der Waals surface area contributed by atoms with Crippen LogP contribution in [0.4, 0.5) is 0 Å². The van der Waals surface area contributed by atoms with Crippen LogP contribution in [0.5, 0.6) is 0 Å². The van der Waals surface area contributed by atoms with E-state index < -0.39 is 17.9 Å². The highest BCUT2D eigenvalue weighted by atomic mass is 16.4. The summed E-state index contributed by atoms with van der Waals surface area (Å²) in [6.07, 6.45) is 0.828. The lowest BCUT2D eigenvalue weighted by Gasteiger charge is -2.20. The minimum atomic E-state index is -0.800. The van der Waals surface area contributed by atoms with Crippen LogP contribution in [0.3, 0.4) is 0 Å². The third-order valence-corrected chi connectivity index (χ3v) is 5.49. The van der Waals surface area contributed by atoms with E-state index in [0.29, 0.717) is 40.9 Å². The summed E-state index contributed by atoms with van der Waals surface area (Å²) in [7, 11) is 0. The number of aliphatic imine (C=N–C) groups is 1. The van der Waals surface area contributed by atoms with E-state index in [1.165, 1.54) is 0 Å². The highest BCUT2D eigenvalue weighted by molar-refractivity contribution is 6.23. The number of amides is 2. The molecule has 1 aliphatic rings. The largest absolute Gasteiger partial charge is 0.434 e. The number of benzene rings is 2. The first kappa shape index (κ1) is 22.4. The fraction of sp³-hybridized carbons (Fsp3) is 0.320. The molecule has 1 aliphatic heterocycles. The molecule has 8 heteroatoms. The molecule has 0 aliphatic carbocycles. The summed E-state index contributed by atoms with van der Waals surface area (Å²) >= 11 is 0. The second-order valence-electron chi connectivity index (χ2n) is 8.44. The van der Waals surface area contributed by atoms with Crippen molar-refractivity contribution in [2.24, 2.45) is 10.9 Å². The summed E-state index contributed by atoms with van der Waals surface area (Å²) in [6.45, 7) is 5.78. The van der Waals surface area contributed by atoms with Crippen LogP contribution < -0.4 is 10.6 Å². The van der Waals surface area contributed by atoms with Crippen molar-refractivity contribution in [2.75, 3.05) is 0 Å². The molecule has 0 radical (unpaired) electrons. The number of rotatable bonds is 8.